The Morgan fingerprint density at radius 2 is 1.74 bits per heavy atom. The summed E-state index contributed by atoms with van der Waals surface area (Å²) in [5.41, 5.74) is 4.86. The zero-order valence-electron chi connectivity index (χ0n) is 11.2. The number of halogens is 1. The molecule has 0 fully saturated rings. The van der Waals surface area contributed by atoms with Gasteiger partial charge in [0.1, 0.15) is 0 Å². The molecule has 0 atom stereocenters. The SMILES string of the molecule is COCc1ccc(CNc2cccc(Br)c2C)cc1. The van der Waals surface area contributed by atoms with Crippen molar-refractivity contribution >= 4 is 21.6 Å². The van der Waals surface area contributed by atoms with Crippen LogP contribution >= 0.6 is 15.9 Å². The molecule has 2 aromatic rings. The minimum Gasteiger partial charge on any atom is -0.381 e. The lowest BCUT2D eigenvalue weighted by Gasteiger charge is -2.11. The van der Waals surface area contributed by atoms with Crippen LogP contribution in [0.25, 0.3) is 0 Å². The van der Waals surface area contributed by atoms with Gasteiger partial charge in [-0.2, -0.15) is 0 Å². The smallest absolute Gasteiger partial charge is 0.0713 e. The predicted octanol–water partition coefficient (Wildman–Crippen LogP) is 4.52. The van der Waals surface area contributed by atoms with Gasteiger partial charge < -0.3 is 10.1 Å². The van der Waals surface area contributed by atoms with E-state index < -0.39 is 0 Å². The summed E-state index contributed by atoms with van der Waals surface area (Å²) < 4.78 is 6.24. The number of rotatable bonds is 5. The summed E-state index contributed by atoms with van der Waals surface area (Å²) in [5, 5.41) is 3.46. The van der Waals surface area contributed by atoms with E-state index in [1.807, 2.05) is 6.07 Å². The zero-order chi connectivity index (χ0) is 13.7. The lowest BCUT2D eigenvalue weighted by atomic mass is 10.1. The van der Waals surface area contributed by atoms with Gasteiger partial charge in [0.15, 0.2) is 0 Å². The summed E-state index contributed by atoms with van der Waals surface area (Å²) in [6.45, 7) is 3.59. The highest BCUT2D eigenvalue weighted by atomic mass is 79.9. The summed E-state index contributed by atoms with van der Waals surface area (Å²) in [5.74, 6) is 0. The Morgan fingerprint density at radius 3 is 2.42 bits per heavy atom. The number of hydrogen-bond acceptors (Lipinski definition) is 2. The van der Waals surface area contributed by atoms with Crippen molar-refractivity contribution in [2.45, 2.75) is 20.1 Å². The van der Waals surface area contributed by atoms with Crippen molar-refractivity contribution in [3.63, 3.8) is 0 Å². The van der Waals surface area contributed by atoms with Gasteiger partial charge in [-0.25, -0.2) is 0 Å². The van der Waals surface area contributed by atoms with Crippen LogP contribution in [-0.4, -0.2) is 7.11 Å². The molecule has 19 heavy (non-hydrogen) atoms. The van der Waals surface area contributed by atoms with Gasteiger partial charge in [-0.1, -0.05) is 46.3 Å². The highest BCUT2D eigenvalue weighted by Crippen LogP contribution is 2.23. The first kappa shape index (κ1) is 14.1. The van der Waals surface area contributed by atoms with E-state index >= 15 is 0 Å². The molecule has 0 saturated heterocycles. The van der Waals surface area contributed by atoms with Crippen LogP contribution in [0.4, 0.5) is 5.69 Å². The summed E-state index contributed by atoms with van der Waals surface area (Å²) in [7, 11) is 1.71. The van der Waals surface area contributed by atoms with Crippen LogP contribution < -0.4 is 5.32 Å². The van der Waals surface area contributed by atoms with Crippen molar-refractivity contribution in [1.82, 2.24) is 0 Å². The lowest BCUT2D eigenvalue weighted by Crippen LogP contribution is -2.01. The van der Waals surface area contributed by atoms with Crippen LogP contribution in [0, 0.1) is 6.92 Å². The van der Waals surface area contributed by atoms with E-state index in [2.05, 4.69) is 64.6 Å². The quantitative estimate of drug-likeness (QED) is 0.875. The number of hydrogen-bond donors (Lipinski definition) is 1. The molecule has 0 heterocycles. The van der Waals surface area contributed by atoms with Gasteiger partial charge in [-0.05, 0) is 35.7 Å². The maximum absolute atomic E-state index is 5.11. The number of methoxy groups -OCH3 is 1. The third-order valence-corrected chi connectivity index (χ3v) is 3.94. The fourth-order valence-electron chi connectivity index (χ4n) is 1.92. The van der Waals surface area contributed by atoms with Crippen molar-refractivity contribution in [2.24, 2.45) is 0 Å². The second-order valence-corrected chi connectivity index (χ2v) is 5.37. The average Bonchev–Trinajstić information content (AvgIpc) is 2.42. The fourth-order valence-corrected chi connectivity index (χ4v) is 2.28. The molecule has 3 heteroatoms. The Balaban J connectivity index is 2.00. The minimum atomic E-state index is 0.665. The van der Waals surface area contributed by atoms with Crippen LogP contribution in [0.15, 0.2) is 46.9 Å². The molecule has 0 aliphatic heterocycles. The van der Waals surface area contributed by atoms with Crippen LogP contribution in [0.1, 0.15) is 16.7 Å². The van der Waals surface area contributed by atoms with Gasteiger partial charge >= 0.3 is 0 Å². The third-order valence-electron chi connectivity index (χ3n) is 3.08. The van der Waals surface area contributed by atoms with Gasteiger partial charge in [-0.3, -0.25) is 0 Å². The molecule has 0 unspecified atom stereocenters. The van der Waals surface area contributed by atoms with Crippen molar-refractivity contribution in [2.75, 3.05) is 12.4 Å². The van der Waals surface area contributed by atoms with Gasteiger partial charge in [-0.15, -0.1) is 0 Å². The van der Waals surface area contributed by atoms with Crippen LogP contribution in [-0.2, 0) is 17.9 Å². The molecule has 2 rings (SSSR count). The average molecular weight is 320 g/mol. The van der Waals surface area contributed by atoms with Gasteiger partial charge in [0.05, 0.1) is 6.61 Å². The Labute approximate surface area is 122 Å². The van der Waals surface area contributed by atoms with E-state index in [1.165, 1.54) is 16.7 Å². The second kappa shape index (κ2) is 6.73. The highest BCUT2D eigenvalue weighted by molar-refractivity contribution is 9.10. The molecular weight excluding hydrogens is 302 g/mol. The summed E-state index contributed by atoms with van der Waals surface area (Å²) in [6.07, 6.45) is 0. The highest BCUT2D eigenvalue weighted by Gasteiger charge is 2.01. The molecule has 2 nitrogen and oxygen atoms in total. The Bertz CT molecular complexity index is 537. The molecular formula is C16H18BrNO. The first-order chi connectivity index (χ1) is 9.20. The van der Waals surface area contributed by atoms with Crippen LogP contribution in [0.2, 0.25) is 0 Å². The van der Waals surface area contributed by atoms with Crippen molar-refractivity contribution in [3.05, 3.63) is 63.6 Å². The summed E-state index contributed by atoms with van der Waals surface area (Å²) >= 11 is 3.55. The maximum Gasteiger partial charge on any atom is 0.0713 e. The molecule has 1 N–H and O–H groups in total. The van der Waals surface area contributed by atoms with E-state index in [4.69, 9.17) is 4.74 Å². The van der Waals surface area contributed by atoms with Crippen molar-refractivity contribution in [1.29, 1.82) is 0 Å². The monoisotopic (exact) mass is 319 g/mol. The first-order valence-corrected chi connectivity index (χ1v) is 7.05. The normalized spacial score (nSPS) is 10.5. The standard InChI is InChI=1S/C16H18BrNO/c1-12-15(17)4-3-5-16(12)18-10-13-6-8-14(9-7-13)11-19-2/h3-9,18H,10-11H2,1-2H3. The maximum atomic E-state index is 5.11. The number of anilines is 1. The molecule has 2 aromatic carbocycles. The molecule has 0 aliphatic carbocycles. The molecule has 0 aliphatic rings. The molecule has 0 saturated carbocycles. The largest absolute Gasteiger partial charge is 0.381 e. The van der Waals surface area contributed by atoms with Gasteiger partial charge in [0.2, 0.25) is 0 Å². The van der Waals surface area contributed by atoms with Crippen LogP contribution in [0.5, 0.6) is 0 Å². The van der Waals surface area contributed by atoms with E-state index in [1.54, 1.807) is 7.11 Å². The van der Waals surface area contributed by atoms with E-state index in [0.717, 1.165) is 16.7 Å². The number of ether oxygens (including phenoxy) is 1. The summed E-state index contributed by atoms with van der Waals surface area (Å²) in [4.78, 5) is 0. The fraction of sp³-hybridized carbons (Fsp3) is 0.250. The molecule has 0 radical (unpaired) electrons. The lowest BCUT2D eigenvalue weighted by molar-refractivity contribution is 0.185. The van der Waals surface area contributed by atoms with Crippen LogP contribution in [0.3, 0.4) is 0 Å². The van der Waals surface area contributed by atoms with Crippen molar-refractivity contribution < 1.29 is 4.74 Å². The summed E-state index contributed by atoms with van der Waals surface area (Å²) in [6, 6.07) is 14.7. The van der Waals surface area contributed by atoms with Crippen molar-refractivity contribution in [3.8, 4) is 0 Å². The Hall–Kier alpha value is -1.32. The third kappa shape index (κ3) is 3.82. The van der Waals surface area contributed by atoms with E-state index in [0.29, 0.717) is 6.61 Å². The molecule has 0 spiro atoms. The molecule has 0 aromatic heterocycles. The molecule has 0 bridgehead atoms. The first-order valence-electron chi connectivity index (χ1n) is 6.26. The predicted molar refractivity (Wildman–Crippen MR) is 83.4 cm³/mol. The topological polar surface area (TPSA) is 21.3 Å². The Morgan fingerprint density at radius 1 is 1.05 bits per heavy atom. The number of benzene rings is 2. The zero-order valence-corrected chi connectivity index (χ0v) is 12.8. The molecule has 0 amide bonds. The van der Waals surface area contributed by atoms with E-state index in [-0.39, 0.29) is 0 Å². The van der Waals surface area contributed by atoms with Gasteiger partial charge in [0.25, 0.3) is 0 Å². The second-order valence-electron chi connectivity index (χ2n) is 4.52. The molecule has 100 valence electrons. The van der Waals surface area contributed by atoms with E-state index in [9.17, 15) is 0 Å². The van der Waals surface area contributed by atoms with Gasteiger partial charge in [0, 0.05) is 23.8 Å². The Kier molecular flexibility index (Phi) is 5.00. The minimum absolute atomic E-state index is 0.665. The number of nitrogens with one attached hydrogen (secondary N) is 1.